The van der Waals surface area contributed by atoms with E-state index >= 15 is 0 Å². The number of sulfone groups is 1. The summed E-state index contributed by atoms with van der Waals surface area (Å²) in [5, 5.41) is 3.01. The normalized spacial score (nSPS) is 11.3. The Morgan fingerprint density at radius 1 is 1.47 bits per heavy atom. The van der Waals surface area contributed by atoms with E-state index in [1.165, 1.54) is 0 Å². The highest BCUT2D eigenvalue weighted by molar-refractivity contribution is 7.91. The molecule has 1 aromatic heterocycles. The summed E-state index contributed by atoms with van der Waals surface area (Å²) in [5.41, 5.74) is 8.12. The molecule has 1 heterocycles. The minimum atomic E-state index is -3.00. The number of nitrogens with two attached hydrogens (primary N) is 1. The molecule has 0 aliphatic carbocycles. The van der Waals surface area contributed by atoms with E-state index in [0.29, 0.717) is 17.9 Å². The molecule has 0 aromatic carbocycles. The Labute approximate surface area is 119 Å². The SMILES string of the molecule is CCS(=O)(=O)CCNc1nc(C)cc(C)c1C(N)=S. The summed E-state index contributed by atoms with van der Waals surface area (Å²) in [6.07, 6.45) is 0. The van der Waals surface area contributed by atoms with Crippen LogP contribution in [0.3, 0.4) is 0 Å². The lowest BCUT2D eigenvalue weighted by Crippen LogP contribution is -2.21. The van der Waals surface area contributed by atoms with Gasteiger partial charge in [-0.05, 0) is 25.5 Å². The van der Waals surface area contributed by atoms with Crippen LogP contribution in [0.1, 0.15) is 23.7 Å². The molecule has 0 aliphatic rings. The van der Waals surface area contributed by atoms with E-state index in [4.69, 9.17) is 18.0 Å². The van der Waals surface area contributed by atoms with Crippen LogP contribution in [0.4, 0.5) is 5.82 Å². The molecule has 19 heavy (non-hydrogen) atoms. The van der Waals surface area contributed by atoms with Crippen molar-refractivity contribution in [3.05, 3.63) is 22.9 Å². The molecule has 0 amide bonds. The molecule has 0 spiro atoms. The van der Waals surface area contributed by atoms with Gasteiger partial charge in [-0.2, -0.15) is 0 Å². The van der Waals surface area contributed by atoms with E-state index in [9.17, 15) is 8.42 Å². The number of hydrogen-bond acceptors (Lipinski definition) is 5. The van der Waals surface area contributed by atoms with Crippen LogP contribution < -0.4 is 11.1 Å². The molecular weight excluding hydrogens is 282 g/mol. The van der Waals surface area contributed by atoms with Crippen molar-refractivity contribution in [3.63, 3.8) is 0 Å². The van der Waals surface area contributed by atoms with Gasteiger partial charge in [0.2, 0.25) is 0 Å². The zero-order chi connectivity index (χ0) is 14.6. The van der Waals surface area contributed by atoms with Gasteiger partial charge in [-0.3, -0.25) is 0 Å². The Hall–Kier alpha value is -1.21. The number of rotatable bonds is 6. The molecule has 0 aliphatic heterocycles. The van der Waals surface area contributed by atoms with Crippen LogP contribution in [0.25, 0.3) is 0 Å². The molecule has 1 aromatic rings. The average Bonchev–Trinajstić information content (AvgIpc) is 2.27. The Kier molecular flexibility index (Phi) is 5.25. The Bertz CT molecular complexity index is 583. The molecule has 0 saturated carbocycles. The third-order valence-electron chi connectivity index (χ3n) is 2.74. The Balaban J connectivity index is 2.92. The third kappa shape index (κ3) is 4.43. The number of nitrogens with zero attached hydrogens (tertiary/aromatic N) is 1. The molecule has 0 radical (unpaired) electrons. The summed E-state index contributed by atoms with van der Waals surface area (Å²) in [6, 6.07) is 1.89. The van der Waals surface area contributed by atoms with E-state index in [1.54, 1.807) is 6.92 Å². The summed E-state index contributed by atoms with van der Waals surface area (Å²) < 4.78 is 22.9. The predicted octanol–water partition coefficient (Wildman–Crippen LogP) is 1.18. The summed E-state index contributed by atoms with van der Waals surface area (Å²) in [4.78, 5) is 4.58. The highest BCUT2D eigenvalue weighted by atomic mass is 32.2. The summed E-state index contributed by atoms with van der Waals surface area (Å²) in [6.45, 7) is 5.69. The van der Waals surface area contributed by atoms with Gasteiger partial charge in [0, 0.05) is 18.0 Å². The maximum atomic E-state index is 11.4. The topological polar surface area (TPSA) is 85.1 Å². The van der Waals surface area contributed by atoms with Crippen LogP contribution in [-0.4, -0.2) is 36.4 Å². The number of aryl methyl sites for hydroxylation is 2. The molecule has 106 valence electrons. The van der Waals surface area contributed by atoms with Crippen molar-refractivity contribution in [1.82, 2.24) is 4.98 Å². The van der Waals surface area contributed by atoms with Gasteiger partial charge < -0.3 is 11.1 Å². The second-order valence-corrected chi connectivity index (χ2v) is 7.24. The van der Waals surface area contributed by atoms with Crippen LogP contribution in [-0.2, 0) is 9.84 Å². The van der Waals surface area contributed by atoms with Crippen molar-refractivity contribution in [2.24, 2.45) is 5.73 Å². The molecule has 0 atom stereocenters. The monoisotopic (exact) mass is 301 g/mol. The lowest BCUT2D eigenvalue weighted by atomic mass is 10.1. The smallest absolute Gasteiger partial charge is 0.151 e. The van der Waals surface area contributed by atoms with Crippen molar-refractivity contribution >= 4 is 32.9 Å². The zero-order valence-corrected chi connectivity index (χ0v) is 13.0. The second-order valence-electron chi connectivity index (χ2n) is 4.33. The molecule has 1 rings (SSSR count). The molecule has 0 fully saturated rings. The van der Waals surface area contributed by atoms with Crippen molar-refractivity contribution in [1.29, 1.82) is 0 Å². The number of aromatic nitrogens is 1. The summed E-state index contributed by atoms with van der Waals surface area (Å²) in [7, 11) is -3.00. The molecular formula is C12H19N3O2S2. The van der Waals surface area contributed by atoms with Crippen molar-refractivity contribution in [2.75, 3.05) is 23.4 Å². The standard InChI is InChI=1S/C12H19N3O2S2/c1-4-19(16,17)6-5-14-12-10(11(13)18)8(2)7-9(3)15-12/h7H,4-6H2,1-3H3,(H2,13,18)(H,14,15). The first kappa shape index (κ1) is 15.8. The minimum absolute atomic E-state index is 0.0644. The van der Waals surface area contributed by atoms with E-state index in [1.807, 2.05) is 19.9 Å². The third-order valence-corrected chi connectivity index (χ3v) is 4.65. The van der Waals surface area contributed by atoms with Crippen LogP contribution >= 0.6 is 12.2 Å². The second kappa shape index (κ2) is 6.29. The van der Waals surface area contributed by atoms with E-state index in [2.05, 4.69) is 10.3 Å². The number of hydrogen-bond donors (Lipinski definition) is 2. The number of anilines is 1. The quantitative estimate of drug-likeness (QED) is 0.768. The molecule has 0 unspecified atom stereocenters. The Morgan fingerprint density at radius 2 is 2.11 bits per heavy atom. The summed E-state index contributed by atoms with van der Waals surface area (Å²) >= 11 is 5.01. The van der Waals surface area contributed by atoms with Crippen molar-refractivity contribution < 1.29 is 8.42 Å². The maximum Gasteiger partial charge on any atom is 0.151 e. The lowest BCUT2D eigenvalue weighted by molar-refractivity contribution is 0.597. The van der Waals surface area contributed by atoms with Crippen LogP contribution in [0, 0.1) is 13.8 Å². The van der Waals surface area contributed by atoms with Crippen LogP contribution in [0.5, 0.6) is 0 Å². The molecule has 3 N–H and O–H groups in total. The largest absolute Gasteiger partial charge is 0.389 e. The van der Waals surface area contributed by atoms with Gasteiger partial charge in [-0.25, -0.2) is 13.4 Å². The lowest BCUT2D eigenvalue weighted by Gasteiger charge is -2.13. The van der Waals surface area contributed by atoms with Crippen molar-refractivity contribution in [2.45, 2.75) is 20.8 Å². The molecule has 5 nitrogen and oxygen atoms in total. The van der Waals surface area contributed by atoms with E-state index in [-0.39, 0.29) is 16.5 Å². The predicted molar refractivity (Wildman–Crippen MR) is 82.4 cm³/mol. The average molecular weight is 301 g/mol. The van der Waals surface area contributed by atoms with Crippen molar-refractivity contribution in [3.8, 4) is 0 Å². The first-order valence-corrected chi connectivity index (χ1v) is 8.22. The first-order chi connectivity index (χ1) is 8.76. The van der Waals surface area contributed by atoms with Crippen LogP contribution in [0.2, 0.25) is 0 Å². The number of nitrogens with one attached hydrogen (secondary N) is 1. The van der Waals surface area contributed by atoms with Crippen LogP contribution in [0.15, 0.2) is 6.07 Å². The van der Waals surface area contributed by atoms with Gasteiger partial charge in [-0.1, -0.05) is 19.1 Å². The fourth-order valence-electron chi connectivity index (χ4n) is 1.75. The van der Waals surface area contributed by atoms with Gasteiger partial charge in [0.1, 0.15) is 10.8 Å². The van der Waals surface area contributed by atoms with Gasteiger partial charge in [0.15, 0.2) is 9.84 Å². The highest BCUT2D eigenvalue weighted by Gasteiger charge is 2.12. The van der Waals surface area contributed by atoms with E-state index < -0.39 is 9.84 Å². The van der Waals surface area contributed by atoms with Gasteiger partial charge in [-0.15, -0.1) is 0 Å². The summed E-state index contributed by atoms with van der Waals surface area (Å²) in [5.74, 6) is 0.753. The van der Waals surface area contributed by atoms with Gasteiger partial charge in [0.05, 0.1) is 11.3 Å². The fraction of sp³-hybridized carbons (Fsp3) is 0.500. The molecule has 0 bridgehead atoms. The molecule has 0 saturated heterocycles. The Morgan fingerprint density at radius 3 is 2.63 bits per heavy atom. The number of pyridine rings is 1. The number of thiocarbonyl (C=S) groups is 1. The van der Waals surface area contributed by atoms with Gasteiger partial charge in [0.25, 0.3) is 0 Å². The van der Waals surface area contributed by atoms with Gasteiger partial charge >= 0.3 is 0 Å². The first-order valence-electron chi connectivity index (χ1n) is 5.99. The molecule has 7 heteroatoms. The fourth-order valence-corrected chi connectivity index (χ4v) is 2.70. The minimum Gasteiger partial charge on any atom is -0.389 e. The van der Waals surface area contributed by atoms with E-state index in [0.717, 1.165) is 11.3 Å². The maximum absolute atomic E-state index is 11.4. The highest BCUT2D eigenvalue weighted by Crippen LogP contribution is 2.18. The zero-order valence-electron chi connectivity index (χ0n) is 11.4.